The van der Waals surface area contributed by atoms with Crippen LogP contribution < -0.4 is 10.2 Å². The minimum atomic E-state index is -0.691. The van der Waals surface area contributed by atoms with Crippen LogP contribution >= 0.6 is 0 Å². The molecule has 1 saturated heterocycles. The highest BCUT2D eigenvalue weighted by molar-refractivity contribution is 5.79. The standard InChI is InChI=1S/C19H24N4O2/c1-14-4-6-15(7-5-14)17(24)11-22-19(25)16-3-2-10-23(13-16)18-12-20-8-9-21-18/h4-9,12,16-17,24H,2-3,10-11,13H2,1H3,(H,22,25)/t16-,17-/m1/s1. The lowest BCUT2D eigenvalue weighted by Gasteiger charge is -2.32. The fourth-order valence-electron chi connectivity index (χ4n) is 3.10. The van der Waals surface area contributed by atoms with Gasteiger partial charge in [0.25, 0.3) is 0 Å². The second-order valence-corrected chi connectivity index (χ2v) is 6.52. The first-order valence-corrected chi connectivity index (χ1v) is 8.67. The van der Waals surface area contributed by atoms with Crippen LogP contribution in [0.5, 0.6) is 0 Å². The predicted octanol–water partition coefficient (Wildman–Crippen LogP) is 1.85. The third kappa shape index (κ3) is 4.54. The number of amides is 1. The first-order valence-electron chi connectivity index (χ1n) is 8.67. The number of rotatable bonds is 5. The van der Waals surface area contributed by atoms with Crippen molar-refractivity contribution in [3.8, 4) is 0 Å². The van der Waals surface area contributed by atoms with Crippen LogP contribution in [0.25, 0.3) is 0 Å². The van der Waals surface area contributed by atoms with Crippen molar-refractivity contribution in [2.45, 2.75) is 25.9 Å². The van der Waals surface area contributed by atoms with E-state index in [4.69, 9.17) is 0 Å². The van der Waals surface area contributed by atoms with E-state index < -0.39 is 6.10 Å². The summed E-state index contributed by atoms with van der Waals surface area (Å²) in [7, 11) is 0. The molecule has 0 aliphatic carbocycles. The van der Waals surface area contributed by atoms with Gasteiger partial charge in [0.05, 0.1) is 18.2 Å². The number of nitrogens with one attached hydrogen (secondary N) is 1. The van der Waals surface area contributed by atoms with Gasteiger partial charge in [0.2, 0.25) is 5.91 Å². The lowest BCUT2D eigenvalue weighted by molar-refractivity contribution is -0.125. The van der Waals surface area contributed by atoms with Crippen molar-refractivity contribution in [1.82, 2.24) is 15.3 Å². The molecule has 3 rings (SSSR count). The van der Waals surface area contributed by atoms with Crippen LogP contribution in [0.15, 0.2) is 42.9 Å². The molecule has 25 heavy (non-hydrogen) atoms. The van der Waals surface area contributed by atoms with E-state index >= 15 is 0 Å². The van der Waals surface area contributed by atoms with Crippen molar-refractivity contribution in [3.05, 3.63) is 54.0 Å². The van der Waals surface area contributed by atoms with Crippen LogP contribution in [0.4, 0.5) is 5.82 Å². The van der Waals surface area contributed by atoms with Crippen molar-refractivity contribution < 1.29 is 9.90 Å². The molecule has 1 aliphatic heterocycles. The molecule has 6 nitrogen and oxygen atoms in total. The number of piperidine rings is 1. The summed E-state index contributed by atoms with van der Waals surface area (Å²) in [4.78, 5) is 23.0. The molecule has 1 amide bonds. The topological polar surface area (TPSA) is 78.4 Å². The van der Waals surface area contributed by atoms with Gasteiger partial charge in [-0.2, -0.15) is 0 Å². The quantitative estimate of drug-likeness (QED) is 0.868. The van der Waals surface area contributed by atoms with Gasteiger partial charge in [-0.25, -0.2) is 4.98 Å². The number of carbonyl (C=O) groups is 1. The lowest BCUT2D eigenvalue weighted by Crippen LogP contribution is -2.44. The molecule has 2 N–H and O–H groups in total. The number of aliphatic hydroxyl groups excluding tert-OH is 1. The van der Waals surface area contributed by atoms with E-state index in [0.29, 0.717) is 6.54 Å². The summed E-state index contributed by atoms with van der Waals surface area (Å²) >= 11 is 0. The van der Waals surface area contributed by atoms with Gasteiger partial charge in [-0.1, -0.05) is 29.8 Å². The highest BCUT2D eigenvalue weighted by atomic mass is 16.3. The van der Waals surface area contributed by atoms with Gasteiger partial charge in [0, 0.05) is 32.0 Å². The molecule has 1 aliphatic rings. The van der Waals surface area contributed by atoms with Gasteiger partial charge >= 0.3 is 0 Å². The van der Waals surface area contributed by atoms with Gasteiger partial charge in [0.1, 0.15) is 5.82 Å². The average molecular weight is 340 g/mol. The smallest absolute Gasteiger partial charge is 0.225 e. The third-order valence-corrected chi connectivity index (χ3v) is 4.60. The van der Waals surface area contributed by atoms with Gasteiger partial charge < -0.3 is 15.3 Å². The Hall–Kier alpha value is -2.47. The number of hydrogen-bond donors (Lipinski definition) is 2. The minimum absolute atomic E-state index is 0.0141. The summed E-state index contributed by atoms with van der Waals surface area (Å²) in [5.74, 6) is 0.695. The number of aromatic nitrogens is 2. The highest BCUT2D eigenvalue weighted by Gasteiger charge is 2.26. The van der Waals surface area contributed by atoms with Crippen molar-refractivity contribution >= 4 is 11.7 Å². The summed E-state index contributed by atoms with van der Waals surface area (Å²) < 4.78 is 0. The molecular formula is C19H24N4O2. The first-order chi connectivity index (χ1) is 12.1. The molecule has 0 saturated carbocycles. The maximum Gasteiger partial charge on any atom is 0.225 e. The maximum absolute atomic E-state index is 12.5. The molecule has 2 atom stereocenters. The molecule has 1 fully saturated rings. The third-order valence-electron chi connectivity index (χ3n) is 4.60. The monoisotopic (exact) mass is 340 g/mol. The van der Waals surface area contributed by atoms with Crippen molar-refractivity contribution in [3.63, 3.8) is 0 Å². The summed E-state index contributed by atoms with van der Waals surface area (Å²) in [5, 5.41) is 13.1. The Bertz CT molecular complexity index is 690. The van der Waals surface area contributed by atoms with Gasteiger partial charge in [-0.05, 0) is 25.3 Å². The second-order valence-electron chi connectivity index (χ2n) is 6.52. The molecule has 2 heterocycles. The average Bonchev–Trinajstić information content (AvgIpc) is 2.67. The number of carbonyl (C=O) groups excluding carboxylic acids is 1. The summed E-state index contributed by atoms with van der Waals surface area (Å²) in [5.41, 5.74) is 1.96. The largest absolute Gasteiger partial charge is 0.387 e. The first kappa shape index (κ1) is 17.4. The van der Waals surface area contributed by atoms with Crippen LogP contribution in [0.3, 0.4) is 0 Å². The van der Waals surface area contributed by atoms with E-state index in [-0.39, 0.29) is 18.4 Å². The number of hydrogen-bond acceptors (Lipinski definition) is 5. The molecule has 0 spiro atoms. The fraction of sp³-hybridized carbons (Fsp3) is 0.421. The van der Waals surface area contributed by atoms with Crippen LogP contribution in [0.2, 0.25) is 0 Å². The lowest BCUT2D eigenvalue weighted by atomic mass is 9.97. The van der Waals surface area contributed by atoms with Crippen LogP contribution in [-0.2, 0) is 4.79 Å². The molecule has 0 radical (unpaired) electrons. The number of aryl methyl sites for hydroxylation is 1. The Balaban J connectivity index is 1.53. The summed E-state index contributed by atoms with van der Waals surface area (Å²) in [6.45, 7) is 3.74. The molecule has 2 aromatic rings. The molecule has 0 unspecified atom stereocenters. The van der Waals surface area contributed by atoms with Crippen LogP contribution in [-0.4, -0.2) is 40.6 Å². The Morgan fingerprint density at radius 2 is 2.16 bits per heavy atom. The van der Waals surface area contributed by atoms with E-state index in [1.807, 2.05) is 31.2 Å². The molecule has 1 aromatic carbocycles. The summed E-state index contributed by atoms with van der Waals surface area (Å²) in [6.07, 6.45) is 6.13. The van der Waals surface area contributed by atoms with E-state index in [2.05, 4.69) is 20.2 Å². The van der Waals surface area contributed by atoms with Crippen LogP contribution in [0.1, 0.15) is 30.1 Å². The number of benzene rings is 1. The van der Waals surface area contributed by atoms with Crippen molar-refractivity contribution in [2.75, 3.05) is 24.5 Å². The van der Waals surface area contributed by atoms with Gasteiger partial charge in [0.15, 0.2) is 0 Å². The Labute approximate surface area is 147 Å². The number of anilines is 1. The molecule has 0 bridgehead atoms. The van der Waals surface area contributed by atoms with Crippen LogP contribution in [0, 0.1) is 12.8 Å². The fourth-order valence-corrected chi connectivity index (χ4v) is 3.10. The zero-order chi connectivity index (χ0) is 17.6. The van der Waals surface area contributed by atoms with Crippen molar-refractivity contribution in [2.24, 2.45) is 5.92 Å². The van der Waals surface area contributed by atoms with Gasteiger partial charge in [-0.3, -0.25) is 9.78 Å². The molecule has 132 valence electrons. The van der Waals surface area contributed by atoms with E-state index in [1.54, 1.807) is 18.6 Å². The van der Waals surface area contributed by atoms with Crippen molar-refractivity contribution in [1.29, 1.82) is 0 Å². The molecule has 1 aromatic heterocycles. The van der Waals surface area contributed by atoms with E-state index in [1.165, 1.54) is 0 Å². The summed E-state index contributed by atoms with van der Waals surface area (Å²) in [6, 6.07) is 7.70. The number of aliphatic hydroxyl groups is 1. The Kier molecular flexibility index (Phi) is 5.60. The minimum Gasteiger partial charge on any atom is -0.387 e. The Morgan fingerprint density at radius 1 is 1.36 bits per heavy atom. The maximum atomic E-state index is 12.5. The van der Waals surface area contributed by atoms with E-state index in [0.717, 1.165) is 36.3 Å². The zero-order valence-electron chi connectivity index (χ0n) is 14.4. The van der Waals surface area contributed by atoms with E-state index in [9.17, 15) is 9.90 Å². The zero-order valence-corrected chi connectivity index (χ0v) is 14.4. The van der Waals surface area contributed by atoms with Gasteiger partial charge in [-0.15, -0.1) is 0 Å². The molecular weight excluding hydrogens is 316 g/mol. The predicted molar refractivity (Wildman–Crippen MR) is 96.1 cm³/mol. The normalized spacial score (nSPS) is 18.6. The SMILES string of the molecule is Cc1ccc([C@H](O)CNC(=O)[C@@H]2CCCN(c3cnccn3)C2)cc1. The second kappa shape index (κ2) is 8.07. The number of nitrogens with zero attached hydrogens (tertiary/aromatic N) is 3. The highest BCUT2D eigenvalue weighted by Crippen LogP contribution is 2.21. The molecule has 6 heteroatoms. The Morgan fingerprint density at radius 3 is 2.88 bits per heavy atom.